The van der Waals surface area contributed by atoms with E-state index in [9.17, 15) is 0 Å². The zero-order valence-electron chi connectivity index (χ0n) is 9.77. The van der Waals surface area contributed by atoms with E-state index >= 15 is 0 Å². The first kappa shape index (κ1) is 10.7. The van der Waals surface area contributed by atoms with Crippen molar-refractivity contribution in [3.63, 3.8) is 0 Å². The number of fused-ring (bicyclic) bond motifs is 1. The molecule has 1 aliphatic carbocycles. The van der Waals surface area contributed by atoms with Gasteiger partial charge < -0.3 is 5.32 Å². The Balaban J connectivity index is 1.85. The third kappa shape index (κ3) is 1.91. The Hall–Kier alpha value is -2.42. The van der Waals surface area contributed by atoms with E-state index in [-0.39, 0.29) is 0 Å². The van der Waals surface area contributed by atoms with E-state index in [1.807, 2.05) is 6.07 Å². The minimum Gasteiger partial charge on any atom is -0.362 e. The maximum Gasteiger partial charge on any atom is 0.144 e. The van der Waals surface area contributed by atoms with E-state index in [1.165, 1.54) is 11.9 Å². The molecule has 0 saturated carbocycles. The normalized spacial score (nSPS) is 13.1. The Labute approximate surface area is 104 Å². The molecule has 1 aliphatic rings. The summed E-state index contributed by atoms with van der Waals surface area (Å²) in [6, 6.07) is 4.13. The second kappa shape index (κ2) is 4.45. The van der Waals surface area contributed by atoms with Gasteiger partial charge in [0, 0.05) is 5.69 Å². The molecule has 0 fully saturated rings. The van der Waals surface area contributed by atoms with Gasteiger partial charge in [-0.15, -0.1) is 0 Å². The van der Waals surface area contributed by atoms with Crippen molar-refractivity contribution >= 4 is 5.82 Å². The largest absolute Gasteiger partial charge is 0.362 e. The Morgan fingerprint density at radius 1 is 1.44 bits per heavy atom. The van der Waals surface area contributed by atoms with Gasteiger partial charge >= 0.3 is 0 Å². The fourth-order valence-corrected chi connectivity index (χ4v) is 2.18. The van der Waals surface area contributed by atoms with Crippen LogP contribution in [0.25, 0.3) is 0 Å². The molecule has 0 amide bonds. The number of aromatic amines is 1. The van der Waals surface area contributed by atoms with Gasteiger partial charge in [0.25, 0.3) is 0 Å². The lowest BCUT2D eigenvalue weighted by Crippen LogP contribution is -2.06. The van der Waals surface area contributed by atoms with Crippen LogP contribution in [0.2, 0.25) is 0 Å². The van der Waals surface area contributed by atoms with Crippen LogP contribution in [0.3, 0.4) is 0 Å². The van der Waals surface area contributed by atoms with Crippen molar-refractivity contribution in [2.24, 2.45) is 0 Å². The molecule has 2 aromatic rings. The molecule has 90 valence electrons. The molecule has 0 spiro atoms. The molecule has 2 N–H and O–H groups in total. The van der Waals surface area contributed by atoms with Gasteiger partial charge in [0.2, 0.25) is 0 Å². The van der Waals surface area contributed by atoms with Gasteiger partial charge in [0.15, 0.2) is 0 Å². The van der Waals surface area contributed by atoms with Crippen LogP contribution in [0.5, 0.6) is 0 Å². The average Bonchev–Trinajstić information content (AvgIpc) is 3.05. The zero-order chi connectivity index (χ0) is 12.4. The predicted octanol–water partition coefficient (Wildman–Crippen LogP) is 1.17. The number of nitrogens with zero attached hydrogens (tertiary/aromatic N) is 4. The van der Waals surface area contributed by atoms with Crippen molar-refractivity contribution in [3.8, 4) is 6.07 Å². The van der Waals surface area contributed by atoms with Crippen LogP contribution in [0.1, 0.15) is 29.1 Å². The fraction of sp³-hybridized carbons (Fsp3) is 0.333. The topological polar surface area (TPSA) is 90.3 Å². The van der Waals surface area contributed by atoms with Crippen LogP contribution in [-0.2, 0) is 19.4 Å². The highest BCUT2D eigenvalue weighted by molar-refractivity contribution is 5.55. The summed E-state index contributed by atoms with van der Waals surface area (Å²) in [7, 11) is 0. The Morgan fingerprint density at radius 2 is 2.39 bits per heavy atom. The molecule has 0 unspecified atom stereocenters. The van der Waals surface area contributed by atoms with Crippen molar-refractivity contribution < 1.29 is 0 Å². The minimum atomic E-state index is 0.487. The quantitative estimate of drug-likeness (QED) is 0.840. The third-order valence-corrected chi connectivity index (χ3v) is 3.06. The van der Waals surface area contributed by atoms with Crippen molar-refractivity contribution in [2.75, 3.05) is 5.32 Å². The van der Waals surface area contributed by atoms with Gasteiger partial charge in [-0.05, 0) is 30.9 Å². The molecular formula is C12H12N6. The SMILES string of the molecule is N#Cc1cc2c(nc1NCc1ncn[nH]1)CCC2. The second-order valence-corrected chi connectivity index (χ2v) is 4.24. The predicted molar refractivity (Wildman–Crippen MR) is 64.7 cm³/mol. The summed E-state index contributed by atoms with van der Waals surface area (Å²) in [6.07, 6.45) is 4.61. The molecule has 6 nitrogen and oxygen atoms in total. The molecule has 0 atom stereocenters. The first-order valence-electron chi connectivity index (χ1n) is 5.88. The number of nitrogens with one attached hydrogen (secondary N) is 2. The van der Waals surface area contributed by atoms with E-state index in [0.29, 0.717) is 17.9 Å². The molecular weight excluding hydrogens is 228 g/mol. The zero-order valence-corrected chi connectivity index (χ0v) is 9.77. The maximum absolute atomic E-state index is 9.14. The summed E-state index contributed by atoms with van der Waals surface area (Å²) >= 11 is 0. The lowest BCUT2D eigenvalue weighted by Gasteiger charge is -2.08. The van der Waals surface area contributed by atoms with Gasteiger partial charge in [0.05, 0.1) is 12.1 Å². The van der Waals surface area contributed by atoms with Gasteiger partial charge in [-0.3, -0.25) is 5.10 Å². The summed E-state index contributed by atoms with van der Waals surface area (Å²) in [5, 5.41) is 18.8. The number of H-pyrrole nitrogens is 1. The lowest BCUT2D eigenvalue weighted by atomic mass is 10.1. The molecule has 0 aromatic carbocycles. The van der Waals surface area contributed by atoms with Crippen molar-refractivity contribution in [1.82, 2.24) is 20.2 Å². The minimum absolute atomic E-state index is 0.487. The highest BCUT2D eigenvalue weighted by atomic mass is 15.2. The molecule has 0 radical (unpaired) electrons. The lowest BCUT2D eigenvalue weighted by molar-refractivity contribution is 0.897. The van der Waals surface area contributed by atoms with Gasteiger partial charge in [-0.25, -0.2) is 9.97 Å². The van der Waals surface area contributed by atoms with Crippen LogP contribution in [0.4, 0.5) is 5.82 Å². The first-order valence-corrected chi connectivity index (χ1v) is 5.88. The van der Waals surface area contributed by atoms with Crippen LogP contribution in [0.15, 0.2) is 12.4 Å². The Kier molecular flexibility index (Phi) is 2.65. The Morgan fingerprint density at radius 3 is 3.17 bits per heavy atom. The van der Waals surface area contributed by atoms with Crippen molar-refractivity contribution in [3.05, 3.63) is 35.0 Å². The van der Waals surface area contributed by atoms with E-state index in [4.69, 9.17) is 5.26 Å². The molecule has 6 heteroatoms. The molecule has 2 aromatic heterocycles. The highest BCUT2D eigenvalue weighted by Crippen LogP contribution is 2.24. The van der Waals surface area contributed by atoms with Crippen LogP contribution in [-0.4, -0.2) is 20.2 Å². The van der Waals surface area contributed by atoms with Gasteiger partial charge in [-0.1, -0.05) is 0 Å². The fourth-order valence-electron chi connectivity index (χ4n) is 2.18. The van der Waals surface area contributed by atoms with Crippen LogP contribution < -0.4 is 5.32 Å². The van der Waals surface area contributed by atoms with Crippen LogP contribution >= 0.6 is 0 Å². The number of aromatic nitrogens is 4. The average molecular weight is 240 g/mol. The van der Waals surface area contributed by atoms with Crippen molar-refractivity contribution in [2.45, 2.75) is 25.8 Å². The first-order chi connectivity index (χ1) is 8.86. The third-order valence-electron chi connectivity index (χ3n) is 3.06. The number of hydrogen-bond acceptors (Lipinski definition) is 5. The molecule has 18 heavy (non-hydrogen) atoms. The molecule has 0 bridgehead atoms. The van der Waals surface area contributed by atoms with Gasteiger partial charge in [0.1, 0.15) is 24.0 Å². The van der Waals surface area contributed by atoms with Crippen LogP contribution in [0, 0.1) is 11.3 Å². The number of pyridine rings is 1. The summed E-state index contributed by atoms with van der Waals surface area (Å²) in [5.74, 6) is 1.36. The van der Waals surface area contributed by atoms with Gasteiger partial charge in [-0.2, -0.15) is 10.4 Å². The number of aryl methyl sites for hydroxylation is 2. The smallest absolute Gasteiger partial charge is 0.144 e. The summed E-state index contributed by atoms with van der Waals surface area (Å²) < 4.78 is 0. The summed E-state index contributed by atoms with van der Waals surface area (Å²) in [6.45, 7) is 0.487. The molecule has 0 aliphatic heterocycles. The highest BCUT2D eigenvalue weighted by Gasteiger charge is 2.16. The van der Waals surface area contributed by atoms with E-state index in [2.05, 4.69) is 31.6 Å². The monoisotopic (exact) mass is 240 g/mol. The standard InChI is InChI=1S/C12H12N6/c13-5-9-4-8-2-1-3-10(8)17-12(9)14-6-11-15-7-16-18-11/h4,7H,1-3,6H2,(H,14,17)(H,15,16,18). The molecule has 3 rings (SSSR count). The second-order valence-electron chi connectivity index (χ2n) is 4.24. The molecule has 0 saturated heterocycles. The van der Waals surface area contributed by atoms with Crippen molar-refractivity contribution in [1.29, 1.82) is 5.26 Å². The van der Waals surface area contributed by atoms with E-state index < -0.39 is 0 Å². The maximum atomic E-state index is 9.14. The Bertz CT molecular complexity index is 596. The molecule has 2 heterocycles. The van der Waals surface area contributed by atoms with E-state index in [0.717, 1.165) is 30.8 Å². The number of anilines is 1. The summed E-state index contributed by atoms with van der Waals surface area (Å²) in [4.78, 5) is 8.55. The number of nitriles is 1. The number of hydrogen-bond donors (Lipinski definition) is 2. The van der Waals surface area contributed by atoms with E-state index in [1.54, 1.807) is 0 Å². The summed E-state index contributed by atoms with van der Waals surface area (Å²) in [5.41, 5.74) is 2.90. The number of rotatable bonds is 3.